The molecule has 140 valence electrons. The van der Waals surface area contributed by atoms with Crippen molar-refractivity contribution in [3.05, 3.63) is 17.5 Å². The van der Waals surface area contributed by atoms with Crippen molar-refractivity contribution < 1.29 is 9.90 Å². The zero-order valence-corrected chi connectivity index (χ0v) is 16.1. The molecule has 4 unspecified atom stereocenters. The van der Waals surface area contributed by atoms with Crippen LogP contribution >= 0.6 is 11.8 Å². The van der Waals surface area contributed by atoms with Gasteiger partial charge in [0.2, 0.25) is 0 Å². The zero-order valence-electron chi connectivity index (χ0n) is 15.3. The first-order valence-corrected chi connectivity index (χ1v) is 11.1. The second kappa shape index (κ2) is 5.68. The topological polar surface area (TPSA) is 89.1 Å². The Morgan fingerprint density at radius 1 is 1.27 bits per heavy atom. The molecule has 3 N–H and O–H groups in total. The molecule has 5 aliphatic carbocycles. The summed E-state index contributed by atoms with van der Waals surface area (Å²) in [5.41, 5.74) is 6.77. The highest BCUT2D eigenvalue weighted by Gasteiger charge is 2.62. The summed E-state index contributed by atoms with van der Waals surface area (Å²) >= 11 is 1.50. The first kappa shape index (κ1) is 17.0. The Hall–Kier alpha value is -1.14. The molecule has 4 bridgehead atoms. The molecule has 5 nitrogen and oxygen atoms in total. The van der Waals surface area contributed by atoms with Crippen LogP contribution in [0, 0.1) is 23.2 Å². The molecule has 1 aromatic heterocycles. The summed E-state index contributed by atoms with van der Waals surface area (Å²) in [4.78, 5) is 20.9. The average molecular weight is 374 g/mol. The minimum atomic E-state index is -0.438. The molecule has 5 saturated carbocycles. The van der Waals surface area contributed by atoms with E-state index in [0.717, 1.165) is 31.4 Å². The van der Waals surface area contributed by atoms with Gasteiger partial charge in [0, 0.05) is 12.1 Å². The Morgan fingerprint density at radius 3 is 2.54 bits per heavy atom. The normalized spacial score (nSPS) is 43.3. The molecule has 5 aliphatic rings. The van der Waals surface area contributed by atoms with Crippen molar-refractivity contribution in [2.24, 2.45) is 28.9 Å². The first-order valence-electron chi connectivity index (χ1n) is 9.84. The summed E-state index contributed by atoms with van der Waals surface area (Å²) in [6.45, 7) is 0. The Morgan fingerprint density at radius 2 is 2.00 bits per heavy atom. The largest absolute Gasteiger partial charge is 0.390 e. The summed E-state index contributed by atoms with van der Waals surface area (Å²) in [5, 5.41) is 11.8. The van der Waals surface area contributed by atoms with Gasteiger partial charge in [0.1, 0.15) is 0 Å². The second-order valence-corrected chi connectivity index (χ2v) is 10.1. The molecule has 0 aromatic carbocycles. The molecule has 6 heteroatoms. The zero-order chi connectivity index (χ0) is 18.1. The van der Waals surface area contributed by atoms with Crippen LogP contribution in [-0.2, 0) is 0 Å². The van der Waals surface area contributed by atoms with Gasteiger partial charge >= 0.3 is 0 Å². The van der Waals surface area contributed by atoms with E-state index < -0.39 is 11.5 Å². The van der Waals surface area contributed by atoms with E-state index >= 15 is 0 Å². The van der Waals surface area contributed by atoms with Crippen molar-refractivity contribution in [3.63, 3.8) is 0 Å². The lowest BCUT2D eigenvalue weighted by atomic mass is 9.41. The van der Waals surface area contributed by atoms with E-state index in [4.69, 9.17) is 10.7 Å². The first-order chi connectivity index (χ1) is 12.4. The van der Waals surface area contributed by atoms with Crippen LogP contribution in [0.4, 0.5) is 0 Å². The van der Waals surface area contributed by atoms with Crippen LogP contribution < -0.4 is 5.73 Å². The van der Waals surface area contributed by atoms with Crippen molar-refractivity contribution in [2.75, 3.05) is 6.26 Å². The van der Waals surface area contributed by atoms with E-state index in [1.165, 1.54) is 37.4 Å². The predicted octanol–water partition coefficient (Wildman–Crippen LogP) is 3.12. The quantitative estimate of drug-likeness (QED) is 0.625. The Labute approximate surface area is 158 Å². The van der Waals surface area contributed by atoms with Gasteiger partial charge in [0.05, 0.1) is 16.9 Å². The number of nitrogens with zero attached hydrogens (tertiary/aromatic N) is 2. The van der Waals surface area contributed by atoms with Gasteiger partial charge < -0.3 is 10.8 Å². The maximum Gasteiger partial charge on any atom is 0.252 e. The highest BCUT2D eigenvalue weighted by Crippen LogP contribution is 2.69. The second-order valence-electron chi connectivity index (χ2n) is 9.36. The number of aromatic nitrogens is 2. The number of hydrogen-bond donors (Lipinski definition) is 2. The highest BCUT2D eigenvalue weighted by atomic mass is 32.2. The van der Waals surface area contributed by atoms with Crippen molar-refractivity contribution in [1.82, 2.24) is 9.97 Å². The van der Waals surface area contributed by atoms with Crippen LogP contribution in [0.25, 0.3) is 0 Å². The number of aliphatic hydroxyl groups is 1. The summed E-state index contributed by atoms with van der Waals surface area (Å²) in [6, 6.07) is 0. The van der Waals surface area contributed by atoms with Gasteiger partial charge in [-0.05, 0) is 80.8 Å². The molecule has 0 spiro atoms. The molecular weight excluding hydrogens is 346 g/mol. The summed E-state index contributed by atoms with van der Waals surface area (Å²) in [6.07, 6.45) is 12.5. The molecule has 26 heavy (non-hydrogen) atoms. The summed E-state index contributed by atoms with van der Waals surface area (Å²) in [7, 11) is 0. The SMILES string of the molecule is CSc1ncc(C(N)=O)c(C2CCC2C23CC4CC(CC(O)(C4)C2)C3)n1. The number of thioether (sulfide) groups is 1. The summed E-state index contributed by atoms with van der Waals surface area (Å²) in [5.74, 6) is 1.74. The number of amides is 1. The average Bonchev–Trinajstić information content (AvgIpc) is 2.50. The van der Waals surface area contributed by atoms with Crippen LogP contribution in [0.2, 0.25) is 0 Å². The van der Waals surface area contributed by atoms with Gasteiger partial charge in [0.15, 0.2) is 5.16 Å². The van der Waals surface area contributed by atoms with Crippen LogP contribution in [0.1, 0.15) is 73.3 Å². The Kier molecular flexibility index (Phi) is 3.71. The fourth-order valence-corrected chi connectivity index (χ4v) is 7.58. The molecule has 1 amide bonds. The molecule has 5 fully saturated rings. The fraction of sp³-hybridized carbons (Fsp3) is 0.750. The minimum Gasteiger partial charge on any atom is -0.390 e. The minimum absolute atomic E-state index is 0.237. The van der Waals surface area contributed by atoms with E-state index in [-0.39, 0.29) is 11.3 Å². The third-order valence-corrected chi connectivity index (χ3v) is 8.29. The molecule has 6 rings (SSSR count). The van der Waals surface area contributed by atoms with Crippen molar-refractivity contribution in [3.8, 4) is 0 Å². The van der Waals surface area contributed by atoms with Crippen molar-refractivity contribution in [1.29, 1.82) is 0 Å². The Balaban J connectivity index is 1.51. The third-order valence-electron chi connectivity index (χ3n) is 7.73. The van der Waals surface area contributed by atoms with Crippen LogP contribution in [-0.4, -0.2) is 32.8 Å². The predicted molar refractivity (Wildman–Crippen MR) is 99.9 cm³/mol. The van der Waals surface area contributed by atoms with Gasteiger partial charge in [-0.25, -0.2) is 9.97 Å². The molecular formula is C20H27N3O2S. The lowest BCUT2D eigenvalue weighted by Crippen LogP contribution is -2.59. The molecule has 0 saturated heterocycles. The standard InChI is InChI=1S/C20H27N3O2S/c1-26-18-22-9-14(17(21)24)16(23-18)13-2-3-15(13)19-5-11-4-12(6-19)8-20(25,7-11)10-19/h9,11-13,15,25H,2-8,10H2,1H3,(H2,21,24). The number of primary amides is 1. The van der Waals surface area contributed by atoms with Gasteiger partial charge in [-0.2, -0.15) is 0 Å². The monoisotopic (exact) mass is 373 g/mol. The molecule has 1 aromatic rings. The van der Waals surface area contributed by atoms with E-state index in [1.54, 1.807) is 6.20 Å². The number of hydrogen-bond acceptors (Lipinski definition) is 5. The molecule has 1 heterocycles. The van der Waals surface area contributed by atoms with Crippen LogP contribution in [0.3, 0.4) is 0 Å². The van der Waals surface area contributed by atoms with Crippen LogP contribution in [0.15, 0.2) is 11.4 Å². The lowest BCUT2D eigenvalue weighted by Gasteiger charge is -2.65. The molecule has 4 atom stereocenters. The summed E-state index contributed by atoms with van der Waals surface area (Å²) < 4.78 is 0. The highest BCUT2D eigenvalue weighted by molar-refractivity contribution is 7.98. The van der Waals surface area contributed by atoms with Gasteiger partial charge in [-0.15, -0.1) is 0 Å². The molecule has 0 radical (unpaired) electrons. The van der Waals surface area contributed by atoms with Gasteiger partial charge in [0.25, 0.3) is 5.91 Å². The number of carbonyl (C=O) groups excluding carboxylic acids is 1. The van der Waals surface area contributed by atoms with Gasteiger partial charge in [-0.1, -0.05) is 11.8 Å². The van der Waals surface area contributed by atoms with Crippen molar-refractivity contribution in [2.45, 2.75) is 68.0 Å². The van der Waals surface area contributed by atoms with Gasteiger partial charge in [-0.3, -0.25) is 4.79 Å². The van der Waals surface area contributed by atoms with E-state index in [0.29, 0.717) is 28.5 Å². The number of carbonyl (C=O) groups is 1. The molecule has 0 aliphatic heterocycles. The van der Waals surface area contributed by atoms with E-state index in [9.17, 15) is 9.90 Å². The Bertz CT molecular complexity index is 753. The third kappa shape index (κ3) is 2.44. The maximum absolute atomic E-state index is 12.0. The number of nitrogens with two attached hydrogens (primary N) is 1. The van der Waals surface area contributed by atoms with Crippen molar-refractivity contribution >= 4 is 17.7 Å². The smallest absolute Gasteiger partial charge is 0.252 e. The maximum atomic E-state index is 12.0. The number of rotatable bonds is 4. The van der Waals surface area contributed by atoms with E-state index in [2.05, 4.69) is 4.98 Å². The van der Waals surface area contributed by atoms with Crippen LogP contribution in [0.5, 0.6) is 0 Å². The fourth-order valence-electron chi connectivity index (χ4n) is 7.23. The van der Waals surface area contributed by atoms with E-state index in [1.807, 2.05) is 6.26 Å². The lowest BCUT2D eigenvalue weighted by molar-refractivity contribution is -0.194.